The Labute approximate surface area is 134 Å². The van der Waals surface area contributed by atoms with Crippen LogP contribution in [0.15, 0.2) is 35.2 Å². The second-order valence-electron chi connectivity index (χ2n) is 6.00. The van der Waals surface area contributed by atoms with Gasteiger partial charge in [-0.15, -0.1) is 0 Å². The Hall–Kier alpha value is -2.41. The van der Waals surface area contributed by atoms with Crippen LogP contribution < -0.4 is 4.90 Å². The second-order valence-corrected chi connectivity index (χ2v) is 6.00. The van der Waals surface area contributed by atoms with Gasteiger partial charge in [-0.3, -0.25) is 4.79 Å². The summed E-state index contributed by atoms with van der Waals surface area (Å²) in [6.07, 6.45) is 3.57. The highest BCUT2D eigenvalue weighted by Crippen LogP contribution is 2.26. The summed E-state index contributed by atoms with van der Waals surface area (Å²) < 4.78 is 5.07. The molecule has 3 rings (SSSR count). The van der Waals surface area contributed by atoms with Gasteiger partial charge in [0.25, 0.3) is 5.91 Å². The number of amides is 1. The molecule has 0 bridgehead atoms. The molecule has 1 amide bonds. The molecule has 1 fully saturated rings. The zero-order valence-electron chi connectivity index (χ0n) is 13.3. The molecule has 7 nitrogen and oxygen atoms in total. The Morgan fingerprint density at radius 2 is 2.30 bits per heavy atom. The molecule has 1 atom stereocenters. The van der Waals surface area contributed by atoms with Gasteiger partial charge < -0.3 is 19.3 Å². The third kappa shape index (κ3) is 3.19. The molecule has 2 aromatic rings. The van der Waals surface area contributed by atoms with Crippen LogP contribution in [0.5, 0.6) is 0 Å². The number of β-amino-alcohol motifs (C(OH)–C–C–N with tert-alkyl or cyclic N) is 1. The van der Waals surface area contributed by atoms with Gasteiger partial charge in [-0.1, -0.05) is 6.07 Å². The Balaban J connectivity index is 1.66. The fourth-order valence-electron chi connectivity index (χ4n) is 2.93. The number of aryl methyl sites for hydroxylation is 1. The predicted octanol–water partition coefficient (Wildman–Crippen LogP) is 1.09. The minimum Gasteiger partial charge on any atom is -0.448 e. The lowest BCUT2D eigenvalue weighted by Crippen LogP contribution is -2.46. The van der Waals surface area contributed by atoms with Crippen LogP contribution in [-0.2, 0) is 0 Å². The molecule has 1 aliphatic heterocycles. The summed E-state index contributed by atoms with van der Waals surface area (Å²) in [6, 6.07) is 5.69. The van der Waals surface area contributed by atoms with Gasteiger partial charge >= 0.3 is 0 Å². The van der Waals surface area contributed by atoms with Crippen LogP contribution in [0.2, 0.25) is 0 Å². The Bertz CT molecular complexity index is 688. The number of rotatable bonds is 4. The summed E-state index contributed by atoms with van der Waals surface area (Å²) in [6.45, 7) is 3.08. The third-order valence-electron chi connectivity index (χ3n) is 4.13. The number of likely N-dealkylation sites (N-methyl/N-ethyl adjacent to an activating group) is 1. The zero-order valence-corrected chi connectivity index (χ0v) is 13.3. The van der Waals surface area contributed by atoms with Gasteiger partial charge in [-0.2, -0.15) is 0 Å². The largest absolute Gasteiger partial charge is 0.448 e. The van der Waals surface area contributed by atoms with Crippen LogP contribution in [0.25, 0.3) is 0 Å². The summed E-state index contributed by atoms with van der Waals surface area (Å²) >= 11 is 0. The first-order valence-electron chi connectivity index (χ1n) is 7.52. The summed E-state index contributed by atoms with van der Waals surface area (Å²) in [5, 5.41) is 10.8. The molecule has 0 aromatic carbocycles. The molecular formula is C16H20N4O3. The number of aliphatic hydroxyl groups is 1. The summed E-state index contributed by atoms with van der Waals surface area (Å²) in [5.41, 5.74) is -0.671. The molecule has 0 saturated carbocycles. The van der Waals surface area contributed by atoms with E-state index in [1.165, 1.54) is 11.3 Å². The number of carbonyl (C=O) groups is 1. The molecule has 0 radical (unpaired) electrons. The molecule has 1 N–H and O–H groups in total. The lowest BCUT2D eigenvalue weighted by atomic mass is 10.0. The number of pyridine rings is 1. The van der Waals surface area contributed by atoms with E-state index in [1.54, 1.807) is 20.2 Å². The van der Waals surface area contributed by atoms with E-state index in [0.29, 0.717) is 25.3 Å². The van der Waals surface area contributed by atoms with Gasteiger partial charge in [0.15, 0.2) is 12.1 Å². The number of hydrogen-bond acceptors (Lipinski definition) is 6. The van der Waals surface area contributed by atoms with Crippen molar-refractivity contribution >= 4 is 11.7 Å². The topological polar surface area (TPSA) is 82.7 Å². The van der Waals surface area contributed by atoms with Gasteiger partial charge in [-0.05, 0) is 25.5 Å². The number of carbonyl (C=O) groups excluding carboxylic acids is 1. The third-order valence-corrected chi connectivity index (χ3v) is 4.13. The smallest absolute Gasteiger partial charge is 0.275 e. The van der Waals surface area contributed by atoms with Crippen LogP contribution in [-0.4, -0.2) is 58.2 Å². The van der Waals surface area contributed by atoms with E-state index in [4.69, 9.17) is 4.42 Å². The number of nitrogens with zero attached hydrogens (tertiary/aromatic N) is 4. The van der Waals surface area contributed by atoms with Gasteiger partial charge in [0.05, 0.1) is 6.54 Å². The monoisotopic (exact) mass is 316 g/mol. The van der Waals surface area contributed by atoms with Crippen molar-refractivity contribution in [2.45, 2.75) is 18.9 Å². The standard InChI is InChI=1S/C16H20N4O3/c1-12-14(18-11-23-12)15(21)19(2)9-16(22)6-8-20(10-16)13-5-3-4-7-17-13/h3-5,7,11,22H,6,8-10H2,1-2H3. The van der Waals surface area contributed by atoms with Crippen molar-refractivity contribution in [2.75, 3.05) is 31.6 Å². The van der Waals surface area contributed by atoms with E-state index >= 15 is 0 Å². The van der Waals surface area contributed by atoms with E-state index in [9.17, 15) is 9.90 Å². The summed E-state index contributed by atoms with van der Waals surface area (Å²) in [5.74, 6) is 1.07. The average Bonchev–Trinajstić information content (AvgIpc) is 3.13. The van der Waals surface area contributed by atoms with E-state index in [2.05, 4.69) is 9.97 Å². The van der Waals surface area contributed by atoms with E-state index < -0.39 is 5.60 Å². The van der Waals surface area contributed by atoms with Crippen LogP contribution >= 0.6 is 0 Å². The molecule has 3 heterocycles. The van der Waals surface area contributed by atoms with Crippen molar-refractivity contribution in [3.05, 3.63) is 42.2 Å². The molecular weight excluding hydrogens is 296 g/mol. The van der Waals surface area contributed by atoms with Crippen molar-refractivity contribution in [3.8, 4) is 0 Å². The van der Waals surface area contributed by atoms with Crippen LogP contribution in [0.4, 0.5) is 5.82 Å². The fourth-order valence-corrected chi connectivity index (χ4v) is 2.93. The van der Waals surface area contributed by atoms with Crippen LogP contribution in [0, 0.1) is 6.92 Å². The predicted molar refractivity (Wildman–Crippen MR) is 84.2 cm³/mol. The highest BCUT2D eigenvalue weighted by Gasteiger charge is 2.38. The van der Waals surface area contributed by atoms with Crippen LogP contribution in [0.1, 0.15) is 22.7 Å². The van der Waals surface area contributed by atoms with Crippen molar-refractivity contribution in [1.29, 1.82) is 0 Å². The second kappa shape index (κ2) is 6.00. The van der Waals surface area contributed by atoms with Gasteiger partial charge in [-0.25, -0.2) is 9.97 Å². The zero-order chi connectivity index (χ0) is 16.4. The van der Waals surface area contributed by atoms with E-state index in [-0.39, 0.29) is 18.1 Å². The molecule has 1 saturated heterocycles. The minimum absolute atomic E-state index is 0.238. The molecule has 7 heteroatoms. The molecule has 1 unspecified atom stereocenters. The van der Waals surface area contributed by atoms with E-state index in [0.717, 1.165) is 5.82 Å². The maximum atomic E-state index is 12.4. The normalized spacial score (nSPS) is 20.7. The average molecular weight is 316 g/mol. The minimum atomic E-state index is -0.959. The molecule has 2 aromatic heterocycles. The Kier molecular flexibility index (Phi) is 4.04. The number of hydrogen-bond donors (Lipinski definition) is 1. The van der Waals surface area contributed by atoms with Gasteiger partial charge in [0.2, 0.25) is 0 Å². The molecule has 23 heavy (non-hydrogen) atoms. The fraction of sp³-hybridized carbons (Fsp3) is 0.438. The van der Waals surface area contributed by atoms with Crippen molar-refractivity contribution < 1.29 is 14.3 Å². The maximum Gasteiger partial charge on any atom is 0.275 e. The number of anilines is 1. The molecule has 1 aliphatic rings. The first kappa shape index (κ1) is 15.5. The quantitative estimate of drug-likeness (QED) is 0.909. The van der Waals surface area contributed by atoms with Crippen molar-refractivity contribution in [2.24, 2.45) is 0 Å². The summed E-state index contributed by atoms with van der Waals surface area (Å²) in [4.78, 5) is 24.1. The number of oxazole rings is 1. The first-order valence-corrected chi connectivity index (χ1v) is 7.52. The Morgan fingerprint density at radius 1 is 1.48 bits per heavy atom. The lowest BCUT2D eigenvalue weighted by Gasteiger charge is -2.28. The van der Waals surface area contributed by atoms with Crippen LogP contribution in [0.3, 0.4) is 0 Å². The molecule has 122 valence electrons. The highest BCUT2D eigenvalue weighted by molar-refractivity contribution is 5.93. The number of aromatic nitrogens is 2. The van der Waals surface area contributed by atoms with Crippen molar-refractivity contribution in [1.82, 2.24) is 14.9 Å². The van der Waals surface area contributed by atoms with Gasteiger partial charge in [0.1, 0.15) is 17.2 Å². The molecule has 0 aliphatic carbocycles. The first-order chi connectivity index (χ1) is 11.0. The highest BCUT2D eigenvalue weighted by atomic mass is 16.3. The molecule has 0 spiro atoms. The SMILES string of the molecule is Cc1ocnc1C(=O)N(C)CC1(O)CCN(c2ccccn2)C1. The summed E-state index contributed by atoms with van der Waals surface area (Å²) in [7, 11) is 1.66. The van der Waals surface area contributed by atoms with Gasteiger partial charge in [0, 0.05) is 26.3 Å². The van der Waals surface area contributed by atoms with Crippen molar-refractivity contribution in [3.63, 3.8) is 0 Å². The maximum absolute atomic E-state index is 12.4. The Morgan fingerprint density at radius 3 is 2.96 bits per heavy atom. The lowest BCUT2D eigenvalue weighted by molar-refractivity contribution is 0.0261. The van der Waals surface area contributed by atoms with E-state index in [1.807, 2.05) is 23.1 Å².